The first-order chi connectivity index (χ1) is 29.6. The largest absolute Gasteiger partial charge is 0.489 e. The van der Waals surface area contributed by atoms with Crippen LogP contribution >= 0.6 is 11.6 Å². The number of nitrogens with zero attached hydrogens (tertiary/aromatic N) is 9. The van der Waals surface area contributed by atoms with Crippen LogP contribution in [0.1, 0.15) is 88.2 Å². The molecule has 3 amide bonds. The van der Waals surface area contributed by atoms with Gasteiger partial charge in [0.25, 0.3) is 11.5 Å². The fraction of sp³-hybridized carbons (Fsp3) is 0.522. The Balaban J connectivity index is 0.802. The van der Waals surface area contributed by atoms with Crippen molar-refractivity contribution in [3.63, 3.8) is 0 Å². The van der Waals surface area contributed by atoms with Gasteiger partial charge in [0, 0.05) is 73.3 Å². The number of likely N-dealkylation sites (tertiary alicyclic amines) is 2. The summed E-state index contributed by atoms with van der Waals surface area (Å²) in [4.78, 5) is 66.4. The highest BCUT2D eigenvalue weighted by molar-refractivity contribution is 6.31. The molecule has 4 saturated heterocycles. The number of benzene rings is 2. The van der Waals surface area contributed by atoms with Crippen molar-refractivity contribution < 1.29 is 19.1 Å². The van der Waals surface area contributed by atoms with Gasteiger partial charge < -0.3 is 25.2 Å². The molecule has 324 valence electrons. The smallest absolute Gasteiger partial charge is 0.278 e. The highest BCUT2D eigenvalue weighted by atomic mass is 35.5. The third-order valence-electron chi connectivity index (χ3n) is 14.5. The number of hydrogen-bond donors (Lipinski definition) is 1. The van der Waals surface area contributed by atoms with Gasteiger partial charge in [0.05, 0.1) is 27.6 Å². The Morgan fingerprint density at radius 3 is 2.31 bits per heavy atom. The van der Waals surface area contributed by atoms with Crippen molar-refractivity contribution in [2.45, 2.75) is 84.4 Å². The minimum Gasteiger partial charge on any atom is -0.489 e. The maximum absolute atomic E-state index is 14.3. The van der Waals surface area contributed by atoms with Gasteiger partial charge in [-0.05, 0) is 93.6 Å². The molecule has 1 spiro atoms. The Bertz CT molecular complexity index is 2510. The summed E-state index contributed by atoms with van der Waals surface area (Å²) in [6.45, 7) is 15.0. The van der Waals surface area contributed by atoms with Crippen molar-refractivity contribution in [3.05, 3.63) is 81.2 Å². The van der Waals surface area contributed by atoms with E-state index in [1.165, 1.54) is 4.90 Å². The summed E-state index contributed by atoms with van der Waals surface area (Å²) in [5, 5.41) is 18.7. The molecule has 1 unspecified atom stereocenters. The number of anilines is 2. The number of pyridine rings is 1. The Morgan fingerprint density at radius 2 is 1.66 bits per heavy atom. The van der Waals surface area contributed by atoms with Gasteiger partial charge in [0.15, 0.2) is 0 Å². The highest BCUT2D eigenvalue weighted by Gasteiger charge is 2.68. The van der Waals surface area contributed by atoms with Crippen LogP contribution in [0.2, 0.25) is 5.02 Å². The van der Waals surface area contributed by atoms with Gasteiger partial charge in [-0.1, -0.05) is 44.5 Å². The molecular formula is C46H53ClN10O5. The van der Waals surface area contributed by atoms with Gasteiger partial charge in [0.2, 0.25) is 11.8 Å². The van der Waals surface area contributed by atoms with Crippen LogP contribution in [0.3, 0.4) is 0 Å². The molecule has 1 atom stereocenters. The first kappa shape index (κ1) is 41.7. The Hall–Kier alpha value is -5.59. The van der Waals surface area contributed by atoms with E-state index in [1.807, 2.05) is 45.9 Å². The average Bonchev–Trinajstić information content (AvgIpc) is 3.24. The Morgan fingerprint density at radius 1 is 0.935 bits per heavy atom. The number of carbonyl (C=O) groups excluding carboxylic acids is 3. The summed E-state index contributed by atoms with van der Waals surface area (Å²) in [6.07, 6.45) is 5.95. The van der Waals surface area contributed by atoms with Crippen LogP contribution in [0.4, 0.5) is 11.5 Å². The molecule has 15 nitrogen and oxygen atoms in total. The summed E-state index contributed by atoms with van der Waals surface area (Å²) >= 11 is 6.29. The lowest BCUT2D eigenvalue weighted by Crippen LogP contribution is -2.77. The van der Waals surface area contributed by atoms with Crippen LogP contribution < -0.4 is 25.8 Å². The van der Waals surface area contributed by atoms with E-state index in [1.54, 1.807) is 36.5 Å². The van der Waals surface area contributed by atoms with Crippen LogP contribution in [0.5, 0.6) is 5.75 Å². The molecule has 4 aromatic rings. The molecule has 2 aromatic carbocycles. The second kappa shape index (κ2) is 15.6. The minimum atomic E-state index is -0.972. The van der Waals surface area contributed by atoms with Crippen LogP contribution in [-0.4, -0.2) is 105 Å². The number of imide groups is 1. The second-order valence-corrected chi connectivity index (χ2v) is 19.8. The van der Waals surface area contributed by atoms with Crippen molar-refractivity contribution in [2.24, 2.45) is 27.9 Å². The van der Waals surface area contributed by atoms with E-state index in [0.717, 1.165) is 87.7 Å². The fourth-order valence-electron chi connectivity index (χ4n) is 11.5. The number of aromatic nitrogens is 4. The number of rotatable bonds is 9. The molecule has 0 bridgehead atoms. The number of halogens is 1. The van der Waals surface area contributed by atoms with E-state index in [4.69, 9.17) is 22.1 Å². The normalized spacial score (nSPS) is 24.7. The van der Waals surface area contributed by atoms with Gasteiger partial charge >= 0.3 is 0 Å². The molecule has 16 heteroatoms. The molecule has 5 fully saturated rings. The third-order valence-corrected chi connectivity index (χ3v) is 14.9. The molecule has 62 heavy (non-hydrogen) atoms. The number of ether oxygens (including phenoxy) is 1. The second-order valence-electron chi connectivity index (χ2n) is 19.4. The first-order valence-corrected chi connectivity index (χ1v) is 22.1. The molecule has 2 N–H and O–H groups in total. The predicted octanol–water partition coefficient (Wildman–Crippen LogP) is 5.20. The van der Waals surface area contributed by atoms with Crippen LogP contribution in [0, 0.1) is 33.5 Å². The lowest BCUT2D eigenvalue weighted by Gasteiger charge is -2.65. The zero-order valence-electron chi connectivity index (χ0n) is 35.7. The van der Waals surface area contributed by atoms with E-state index < -0.39 is 46.4 Å². The molecule has 1 saturated carbocycles. The van der Waals surface area contributed by atoms with Crippen molar-refractivity contribution >= 4 is 51.7 Å². The molecule has 1 aliphatic carbocycles. The van der Waals surface area contributed by atoms with Gasteiger partial charge in [-0.25, -0.2) is 4.98 Å². The molecule has 4 aliphatic heterocycles. The average molecular weight is 861 g/mol. The number of piperidine rings is 3. The molecular weight excluding hydrogens is 808 g/mol. The summed E-state index contributed by atoms with van der Waals surface area (Å²) in [7, 11) is 0. The van der Waals surface area contributed by atoms with Crippen LogP contribution in [0.15, 0.2) is 59.5 Å². The van der Waals surface area contributed by atoms with Gasteiger partial charge in [-0.15, -0.1) is 5.10 Å². The summed E-state index contributed by atoms with van der Waals surface area (Å²) < 4.78 is 7.58. The van der Waals surface area contributed by atoms with Crippen molar-refractivity contribution in [3.8, 4) is 11.8 Å². The predicted molar refractivity (Wildman–Crippen MR) is 234 cm³/mol. The lowest BCUT2D eigenvalue weighted by atomic mass is 9.48. The quantitative estimate of drug-likeness (QED) is 0.218. The van der Waals surface area contributed by atoms with E-state index in [9.17, 15) is 24.4 Å². The monoisotopic (exact) mass is 860 g/mol. The number of nitriles is 1. The maximum atomic E-state index is 14.3. The van der Waals surface area contributed by atoms with Gasteiger partial charge in [0.1, 0.15) is 35.3 Å². The van der Waals surface area contributed by atoms with E-state index >= 15 is 0 Å². The molecule has 0 radical (unpaired) electrons. The number of carbonyl (C=O) groups is 3. The number of hydrogen-bond acceptors (Lipinski definition) is 12. The maximum Gasteiger partial charge on any atom is 0.278 e. The Labute approximate surface area is 365 Å². The zero-order valence-corrected chi connectivity index (χ0v) is 36.5. The van der Waals surface area contributed by atoms with Crippen molar-refractivity contribution in [1.82, 2.24) is 29.8 Å². The van der Waals surface area contributed by atoms with Gasteiger partial charge in [-0.2, -0.15) is 9.94 Å². The molecule has 5 aliphatic rings. The number of fused-ring (bicyclic) bond motifs is 1. The molecule has 9 rings (SSSR count). The standard InChI is InChI=1S/C46H53ClN10O5/c1-44(2)42(45(3,4)43(44)62-32-8-5-29(23-48)34(47)22-32)56-38(58)12-10-36(41(56)61)57-40(60)33-9-7-31(21-35(33)51-52-57)55-26-46(27-55)15-19-53(20-16-46)25-28-13-17-54(18-14-28)37-11-6-30(24-50-37)39(49)59/h5-9,11,21-22,24,28,36,42-43H,10,12-20,25-27H2,1-4H3,(H2,49,59). The first-order valence-electron chi connectivity index (χ1n) is 21.7. The van der Waals surface area contributed by atoms with Gasteiger partial charge in [-0.3, -0.25) is 24.1 Å². The molecule has 6 heterocycles. The van der Waals surface area contributed by atoms with E-state index in [-0.39, 0.29) is 29.2 Å². The fourth-order valence-corrected chi connectivity index (χ4v) is 11.7. The van der Waals surface area contributed by atoms with Crippen molar-refractivity contribution in [1.29, 1.82) is 5.26 Å². The highest BCUT2D eigenvalue weighted by Crippen LogP contribution is 2.59. The van der Waals surface area contributed by atoms with Crippen molar-refractivity contribution in [2.75, 3.05) is 55.6 Å². The van der Waals surface area contributed by atoms with E-state index in [0.29, 0.717) is 33.7 Å². The number of amides is 3. The third kappa shape index (κ3) is 7.24. The SMILES string of the molecule is CC1(C)C(Oc2ccc(C#N)c(Cl)c2)C(C)(C)C1N1C(=O)CCC(n2nnc3cc(N4CC5(CCN(CC6CCN(c7ccc(C(N)=O)cn7)CC6)CC5)C4)ccc3c2=O)C1=O. The Kier molecular flexibility index (Phi) is 10.5. The lowest BCUT2D eigenvalue weighted by molar-refractivity contribution is -0.216. The summed E-state index contributed by atoms with van der Waals surface area (Å²) in [6, 6.07) is 14.8. The molecule has 2 aromatic heterocycles. The summed E-state index contributed by atoms with van der Waals surface area (Å²) in [5.41, 5.74) is 6.19. The van der Waals surface area contributed by atoms with Crippen LogP contribution in [-0.2, 0) is 9.59 Å². The topological polar surface area (TPSA) is 184 Å². The number of primary amides is 1. The summed E-state index contributed by atoms with van der Waals surface area (Å²) in [5.74, 6) is 0.830. The van der Waals surface area contributed by atoms with E-state index in [2.05, 4.69) is 36.1 Å². The minimum absolute atomic E-state index is 0.0871. The number of nitrogens with two attached hydrogens (primary N) is 1. The zero-order chi connectivity index (χ0) is 43.7. The van der Waals surface area contributed by atoms with Crippen LogP contribution in [0.25, 0.3) is 10.9 Å².